The van der Waals surface area contributed by atoms with Gasteiger partial charge in [-0.3, -0.25) is 4.79 Å². The molecule has 0 amide bonds. The Bertz CT molecular complexity index is 170. The van der Waals surface area contributed by atoms with Gasteiger partial charge in [0.05, 0.1) is 0 Å². The summed E-state index contributed by atoms with van der Waals surface area (Å²) in [5, 5.41) is 0. The standard InChI is InChI=1S/C9H14O/c1-6(2)9-5-8(10)4-7(9)3/h7,9H,1,4-5H2,2-3H3/t7-,9-/m0/s1. The first kappa shape index (κ1) is 7.52. The molecule has 1 heteroatoms. The van der Waals surface area contributed by atoms with Crippen molar-refractivity contribution in [2.24, 2.45) is 11.8 Å². The minimum Gasteiger partial charge on any atom is -0.300 e. The van der Waals surface area contributed by atoms with Crippen LogP contribution in [0.2, 0.25) is 0 Å². The van der Waals surface area contributed by atoms with Gasteiger partial charge in [-0.25, -0.2) is 0 Å². The third-order valence-corrected chi connectivity index (χ3v) is 2.32. The predicted octanol–water partition coefficient (Wildman–Crippen LogP) is 2.18. The second-order valence-electron chi connectivity index (χ2n) is 3.38. The number of hydrogen-bond donors (Lipinski definition) is 0. The Balaban J connectivity index is 2.63. The summed E-state index contributed by atoms with van der Waals surface area (Å²) in [5.74, 6) is 1.40. The van der Waals surface area contributed by atoms with Gasteiger partial charge in [0.15, 0.2) is 0 Å². The maximum atomic E-state index is 10.9. The molecule has 0 unspecified atom stereocenters. The predicted molar refractivity (Wildman–Crippen MR) is 41.7 cm³/mol. The van der Waals surface area contributed by atoms with E-state index in [0.29, 0.717) is 17.6 Å². The van der Waals surface area contributed by atoms with Gasteiger partial charge in [-0.2, -0.15) is 0 Å². The van der Waals surface area contributed by atoms with E-state index in [1.54, 1.807) is 0 Å². The normalized spacial score (nSPS) is 32.8. The lowest BCUT2D eigenvalue weighted by Gasteiger charge is -2.12. The molecular formula is C9H14O. The molecule has 1 aliphatic carbocycles. The third kappa shape index (κ3) is 1.28. The fourth-order valence-electron chi connectivity index (χ4n) is 1.69. The average Bonchev–Trinajstić information content (AvgIpc) is 2.10. The van der Waals surface area contributed by atoms with Gasteiger partial charge in [0.25, 0.3) is 0 Å². The first-order chi connectivity index (χ1) is 4.61. The molecule has 56 valence electrons. The van der Waals surface area contributed by atoms with Crippen LogP contribution in [0.3, 0.4) is 0 Å². The Hall–Kier alpha value is -0.590. The third-order valence-electron chi connectivity index (χ3n) is 2.32. The molecular weight excluding hydrogens is 124 g/mol. The molecule has 0 aromatic rings. The lowest BCUT2D eigenvalue weighted by molar-refractivity contribution is -0.117. The molecule has 1 aliphatic rings. The summed E-state index contributed by atoms with van der Waals surface area (Å²) in [6, 6.07) is 0. The zero-order valence-electron chi connectivity index (χ0n) is 6.68. The second-order valence-corrected chi connectivity index (χ2v) is 3.38. The van der Waals surface area contributed by atoms with E-state index in [2.05, 4.69) is 13.5 Å². The van der Waals surface area contributed by atoms with E-state index in [1.807, 2.05) is 6.92 Å². The zero-order chi connectivity index (χ0) is 7.72. The van der Waals surface area contributed by atoms with Crippen LogP contribution >= 0.6 is 0 Å². The SMILES string of the molecule is C=C(C)[C@@H]1CC(=O)C[C@@H]1C. The Morgan fingerprint density at radius 2 is 2.20 bits per heavy atom. The van der Waals surface area contributed by atoms with Crippen LogP contribution in [0, 0.1) is 11.8 Å². The Morgan fingerprint density at radius 1 is 1.60 bits per heavy atom. The van der Waals surface area contributed by atoms with Crippen LogP contribution in [0.25, 0.3) is 0 Å². The van der Waals surface area contributed by atoms with E-state index in [0.717, 1.165) is 12.8 Å². The van der Waals surface area contributed by atoms with Crippen molar-refractivity contribution in [3.8, 4) is 0 Å². The molecule has 0 aliphatic heterocycles. The largest absolute Gasteiger partial charge is 0.300 e. The number of Topliss-reactive ketones (excluding diaryl/α,β-unsaturated/α-hetero) is 1. The summed E-state index contributed by atoms with van der Waals surface area (Å²) in [6.07, 6.45) is 1.49. The van der Waals surface area contributed by atoms with Crippen molar-refractivity contribution in [3.05, 3.63) is 12.2 Å². The van der Waals surface area contributed by atoms with Crippen molar-refractivity contribution in [1.82, 2.24) is 0 Å². The van der Waals surface area contributed by atoms with Crippen molar-refractivity contribution >= 4 is 5.78 Å². The number of carbonyl (C=O) groups excluding carboxylic acids is 1. The molecule has 0 spiro atoms. The maximum absolute atomic E-state index is 10.9. The Labute approximate surface area is 62.1 Å². The lowest BCUT2D eigenvalue weighted by Crippen LogP contribution is -2.03. The summed E-state index contributed by atoms with van der Waals surface area (Å²) in [6.45, 7) is 8.01. The Kier molecular flexibility index (Phi) is 1.93. The quantitative estimate of drug-likeness (QED) is 0.507. The van der Waals surface area contributed by atoms with E-state index in [-0.39, 0.29) is 0 Å². The molecule has 1 fully saturated rings. The number of hydrogen-bond acceptors (Lipinski definition) is 1. The molecule has 0 N–H and O–H groups in total. The van der Waals surface area contributed by atoms with Crippen LogP contribution in [0.4, 0.5) is 0 Å². The van der Waals surface area contributed by atoms with Crippen LogP contribution in [-0.4, -0.2) is 5.78 Å². The van der Waals surface area contributed by atoms with E-state index in [9.17, 15) is 4.79 Å². The molecule has 0 radical (unpaired) electrons. The second kappa shape index (κ2) is 2.57. The molecule has 1 nitrogen and oxygen atoms in total. The van der Waals surface area contributed by atoms with Crippen LogP contribution in [0.15, 0.2) is 12.2 Å². The maximum Gasteiger partial charge on any atom is 0.133 e. The lowest BCUT2D eigenvalue weighted by atomic mass is 9.92. The zero-order valence-corrected chi connectivity index (χ0v) is 6.68. The van der Waals surface area contributed by atoms with Gasteiger partial charge in [-0.1, -0.05) is 19.1 Å². The highest BCUT2D eigenvalue weighted by Crippen LogP contribution is 2.32. The smallest absolute Gasteiger partial charge is 0.133 e. The first-order valence-corrected chi connectivity index (χ1v) is 3.78. The molecule has 1 saturated carbocycles. The van der Waals surface area contributed by atoms with Gasteiger partial charge in [-0.15, -0.1) is 0 Å². The topological polar surface area (TPSA) is 17.1 Å². The van der Waals surface area contributed by atoms with Gasteiger partial charge in [0.2, 0.25) is 0 Å². The highest BCUT2D eigenvalue weighted by Gasteiger charge is 2.29. The average molecular weight is 138 g/mol. The molecule has 0 heterocycles. The van der Waals surface area contributed by atoms with Gasteiger partial charge >= 0.3 is 0 Å². The molecule has 0 aromatic heterocycles. The van der Waals surface area contributed by atoms with Crippen LogP contribution in [0.5, 0.6) is 0 Å². The molecule has 10 heavy (non-hydrogen) atoms. The van der Waals surface area contributed by atoms with Crippen molar-refractivity contribution in [3.63, 3.8) is 0 Å². The summed E-state index contributed by atoms with van der Waals surface area (Å²) in [5.41, 5.74) is 1.17. The number of carbonyl (C=O) groups is 1. The summed E-state index contributed by atoms with van der Waals surface area (Å²) >= 11 is 0. The van der Waals surface area contributed by atoms with Gasteiger partial charge in [-0.05, 0) is 18.8 Å². The van der Waals surface area contributed by atoms with Crippen molar-refractivity contribution in [1.29, 1.82) is 0 Å². The van der Waals surface area contributed by atoms with Gasteiger partial charge < -0.3 is 0 Å². The van der Waals surface area contributed by atoms with E-state index < -0.39 is 0 Å². The molecule has 0 saturated heterocycles. The fraction of sp³-hybridized carbons (Fsp3) is 0.667. The molecule has 0 bridgehead atoms. The van der Waals surface area contributed by atoms with Gasteiger partial charge in [0, 0.05) is 12.8 Å². The van der Waals surface area contributed by atoms with E-state index >= 15 is 0 Å². The highest BCUT2D eigenvalue weighted by atomic mass is 16.1. The molecule has 0 aromatic carbocycles. The Morgan fingerprint density at radius 3 is 2.40 bits per heavy atom. The van der Waals surface area contributed by atoms with Gasteiger partial charge in [0.1, 0.15) is 5.78 Å². The highest BCUT2D eigenvalue weighted by molar-refractivity contribution is 5.81. The van der Waals surface area contributed by atoms with E-state index in [1.165, 1.54) is 5.57 Å². The van der Waals surface area contributed by atoms with Crippen LogP contribution < -0.4 is 0 Å². The number of allylic oxidation sites excluding steroid dienone is 1. The molecule has 1 rings (SSSR count). The monoisotopic (exact) mass is 138 g/mol. The van der Waals surface area contributed by atoms with Crippen LogP contribution in [0.1, 0.15) is 26.7 Å². The number of rotatable bonds is 1. The van der Waals surface area contributed by atoms with Crippen molar-refractivity contribution < 1.29 is 4.79 Å². The minimum absolute atomic E-state index is 0.403. The summed E-state index contributed by atoms with van der Waals surface area (Å²) in [4.78, 5) is 10.9. The minimum atomic E-state index is 0.403. The van der Waals surface area contributed by atoms with Crippen molar-refractivity contribution in [2.45, 2.75) is 26.7 Å². The van der Waals surface area contributed by atoms with E-state index in [4.69, 9.17) is 0 Å². The number of ketones is 1. The van der Waals surface area contributed by atoms with Crippen LogP contribution in [-0.2, 0) is 4.79 Å². The first-order valence-electron chi connectivity index (χ1n) is 3.78. The summed E-state index contributed by atoms with van der Waals surface area (Å²) in [7, 11) is 0. The summed E-state index contributed by atoms with van der Waals surface area (Å²) < 4.78 is 0. The fourth-order valence-corrected chi connectivity index (χ4v) is 1.69. The molecule has 2 atom stereocenters. The van der Waals surface area contributed by atoms with Crippen molar-refractivity contribution in [2.75, 3.05) is 0 Å².